The lowest BCUT2D eigenvalue weighted by molar-refractivity contribution is 0.0903. The first-order valence-electron chi connectivity index (χ1n) is 15.2. The number of hydrogen-bond acceptors (Lipinski definition) is 10. The highest BCUT2D eigenvalue weighted by Crippen LogP contribution is 2.37. The highest BCUT2D eigenvalue weighted by Gasteiger charge is 2.28. The van der Waals surface area contributed by atoms with Gasteiger partial charge >= 0.3 is 0 Å². The first kappa shape index (κ1) is 27.9. The molecule has 3 aliphatic rings. The number of nitrogens with zero attached hydrogens (tertiary/aromatic N) is 6. The zero-order chi connectivity index (χ0) is 28.3. The number of anilines is 3. The van der Waals surface area contributed by atoms with Gasteiger partial charge in [0.15, 0.2) is 5.82 Å². The van der Waals surface area contributed by atoms with Crippen molar-refractivity contribution in [2.45, 2.75) is 51.1 Å². The van der Waals surface area contributed by atoms with Crippen LogP contribution in [0.3, 0.4) is 0 Å². The van der Waals surface area contributed by atoms with Crippen molar-refractivity contribution in [1.29, 1.82) is 0 Å². The molecular formula is C31H44N8O2. The molecule has 10 heteroatoms. The average Bonchev–Trinajstić information content (AvgIpc) is 3.02. The van der Waals surface area contributed by atoms with E-state index in [0.717, 1.165) is 98.2 Å². The summed E-state index contributed by atoms with van der Waals surface area (Å²) in [6.45, 7) is 10.2. The first-order chi connectivity index (χ1) is 20.0. The maximum absolute atomic E-state index is 6.32. The molecule has 0 radical (unpaired) electrons. The van der Waals surface area contributed by atoms with Crippen molar-refractivity contribution < 1.29 is 9.47 Å². The van der Waals surface area contributed by atoms with Crippen LogP contribution in [-0.4, -0.2) is 103 Å². The van der Waals surface area contributed by atoms with E-state index in [9.17, 15) is 0 Å². The van der Waals surface area contributed by atoms with E-state index < -0.39 is 0 Å². The molecule has 3 N–H and O–H groups in total. The number of nitrogen functional groups attached to an aromatic ring is 1. The molecule has 0 spiro atoms. The van der Waals surface area contributed by atoms with Crippen molar-refractivity contribution in [3.63, 3.8) is 0 Å². The summed E-state index contributed by atoms with van der Waals surface area (Å²) in [6.07, 6.45) is 7.02. The van der Waals surface area contributed by atoms with Gasteiger partial charge in [0.25, 0.3) is 0 Å². The molecule has 0 aliphatic carbocycles. The van der Waals surface area contributed by atoms with Crippen LogP contribution in [0.25, 0.3) is 22.2 Å². The second kappa shape index (κ2) is 12.3. The lowest BCUT2D eigenvalue weighted by Crippen LogP contribution is -2.53. The number of nitrogens with one attached hydrogen (secondary N) is 1. The number of hydrogen-bond donors (Lipinski definition) is 2. The summed E-state index contributed by atoms with van der Waals surface area (Å²) in [6, 6.07) is 7.46. The Hall–Kier alpha value is -3.21. The number of benzene rings is 1. The number of piperazine rings is 1. The van der Waals surface area contributed by atoms with E-state index >= 15 is 0 Å². The highest BCUT2D eigenvalue weighted by molar-refractivity contribution is 5.97. The van der Waals surface area contributed by atoms with Crippen LogP contribution in [0, 0.1) is 0 Å². The third-order valence-corrected chi connectivity index (χ3v) is 9.05. The Morgan fingerprint density at radius 2 is 1.76 bits per heavy atom. The van der Waals surface area contributed by atoms with Crippen LogP contribution < -0.4 is 20.7 Å². The molecular weight excluding hydrogens is 516 g/mol. The van der Waals surface area contributed by atoms with Crippen molar-refractivity contribution in [1.82, 2.24) is 24.8 Å². The van der Waals surface area contributed by atoms with Crippen molar-refractivity contribution in [2.24, 2.45) is 0 Å². The molecule has 41 heavy (non-hydrogen) atoms. The van der Waals surface area contributed by atoms with Crippen LogP contribution >= 0.6 is 0 Å². The molecule has 1 aromatic carbocycles. The molecule has 10 nitrogen and oxygen atoms in total. The monoisotopic (exact) mass is 560 g/mol. The molecule has 0 unspecified atom stereocenters. The molecule has 6 rings (SSSR count). The van der Waals surface area contributed by atoms with Gasteiger partial charge in [0.2, 0.25) is 0 Å². The van der Waals surface area contributed by atoms with Gasteiger partial charge in [-0.15, -0.1) is 0 Å². The maximum atomic E-state index is 6.32. The van der Waals surface area contributed by atoms with E-state index in [-0.39, 0.29) is 0 Å². The normalized spacial score (nSPS) is 20.0. The number of ether oxygens (including phenoxy) is 2. The summed E-state index contributed by atoms with van der Waals surface area (Å²) in [4.78, 5) is 22.1. The van der Waals surface area contributed by atoms with Gasteiger partial charge in [0, 0.05) is 63.2 Å². The predicted octanol–water partition coefficient (Wildman–Crippen LogP) is 3.65. The fourth-order valence-corrected chi connectivity index (χ4v) is 6.50. The van der Waals surface area contributed by atoms with E-state index in [0.29, 0.717) is 23.4 Å². The molecule has 0 amide bonds. The van der Waals surface area contributed by atoms with Crippen LogP contribution in [-0.2, 0) is 11.2 Å². The number of nitrogens with two attached hydrogens (primary N) is 1. The minimum atomic E-state index is 0.322. The Morgan fingerprint density at radius 1 is 1.00 bits per heavy atom. The molecule has 0 saturated carbocycles. The van der Waals surface area contributed by atoms with Crippen LogP contribution in [0.15, 0.2) is 24.4 Å². The van der Waals surface area contributed by atoms with Gasteiger partial charge in [-0.1, -0.05) is 13.0 Å². The van der Waals surface area contributed by atoms with Crippen LogP contribution in [0.5, 0.6) is 5.75 Å². The van der Waals surface area contributed by atoms with Gasteiger partial charge in [0.05, 0.1) is 18.5 Å². The SMILES string of the molecule is CCc1nc2c(N)ncc(-c3ccc(N4CCN(C5CCN(C)CC5)CC4)c(OC)c3)c2nc1NC1CCOCC1. The molecule has 3 aliphatic heterocycles. The standard InChI is InChI=1S/C31H44N8O2/c1-4-25-31(34-22-9-17-41-18-10-22)36-28-24(20-33-30(32)29(28)35-25)21-5-6-26(27(19-21)40-3)39-15-13-38(14-16-39)23-7-11-37(2)12-8-23/h5-6,19-20,22-23H,4,7-18H2,1-3H3,(H2,32,33)(H,34,36). The molecule has 3 aromatic rings. The molecule has 0 bridgehead atoms. The summed E-state index contributed by atoms with van der Waals surface area (Å²) in [5.74, 6) is 2.08. The second-order valence-corrected chi connectivity index (χ2v) is 11.6. The minimum absolute atomic E-state index is 0.322. The van der Waals surface area contributed by atoms with Gasteiger partial charge in [-0.25, -0.2) is 15.0 Å². The van der Waals surface area contributed by atoms with E-state index in [1.165, 1.54) is 25.9 Å². The topological polar surface area (TPSA) is 105 Å². The van der Waals surface area contributed by atoms with Crippen LogP contribution in [0.2, 0.25) is 0 Å². The zero-order valence-corrected chi connectivity index (χ0v) is 24.7. The maximum Gasteiger partial charge on any atom is 0.151 e. The van der Waals surface area contributed by atoms with E-state index in [1.54, 1.807) is 7.11 Å². The Bertz CT molecular complexity index is 1350. The number of fused-ring (bicyclic) bond motifs is 1. The third kappa shape index (κ3) is 5.91. The molecule has 0 atom stereocenters. The number of aryl methyl sites for hydroxylation is 1. The van der Waals surface area contributed by atoms with Gasteiger partial charge < -0.3 is 30.3 Å². The molecule has 3 saturated heterocycles. The van der Waals surface area contributed by atoms with Crippen molar-refractivity contribution in [3.8, 4) is 16.9 Å². The summed E-state index contributed by atoms with van der Waals surface area (Å²) < 4.78 is 11.5. The van der Waals surface area contributed by atoms with E-state index in [2.05, 4.69) is 57.2 Å². The highest BCUT2D eigenvalue weighted by atomic mass is 16.5. The third-order valence-electron chi connectivity index (χ3n) is 9.05. The van der Waals surface area contributed by atoms with Gasteiger partial charge in [-0.3, -0.25) is 4.90 Å². The second-order valence-electron chi connectivity index (χ2n) is 11.6. The molecule has 5 heterocycles. The minimum Gasteiger partial charge on any atom is -0.495 e. The fraction of sp³-hybridized carbons (Fsp3) is 0.581. The van der Waals surface area contributed by atoms with Crippen molar-refractivity contribution in [3.05, 3.63) is 30.1 Å². The first-order valence-corrected chi connectivity index (χ1v) is 15.2. The summed E-state index contributed by atoms with van der Waals surface area (Å²) >= 11 is 0. The Morgan fingerprint density at radius 3 is 2.46 bits per heavy atom. The van der Waals surface area contributed by atoms with E-state index in [4.69, 9.17) is 25.2 Å². The number of pyridine rings is 1. The largest absolute Gasteiger partial charge is 0.495 e. The number of aromatic nitrogens is 3. The smallest absolute Gasteiger partial charge is 0.151 e. The molecule has 2 aromatic heterocycles. The lowest BCUT2D eigenvalue weighted by atomic mass is 10.0. The molecule has 3 fully saturated rings. The van der Waals surface area contributed by atoms with Gasteiger partial charge in [-0.05, 0) is 69.9 Å². The summed E-state index contributed by atoms with van der Waals surface area (Å²) in [5.41, 5.74) is 11.6. The number of rotatable bonds is 7. The number of piperidine rings is 1. The molecule has 220 valence electrons. The number of likely N-dealkylation sites (tertiary alicyclic amines) is 1. The Balaban J connectivity index is 1.26. The summed E-state index contributed by atoms with van der Waals surface area (Å²) in [7, 11) is 3.98. The van der Waals surface area contributed by atoms with Crippen molar-refractivity contribution >= 4 is 28.4 Å². The predicted molar refractivity (Wildman–Crippen MR) is 165 cm³/mol. The van der Waals surface area contributed by atoms with Gasteiger partial charge in [0.1, 0.15) is 22.6 Å². The van der Waals surface area contributed by atoms with E-state index in [1.807, 2.05) is 6.20 Å². The Kier molecular flexibility index (Phi) is 8.41. The van der Waals surface area contributed by atoms with Crippen LogP contribution in [0.4, 0.5) is 17.3 Å². The fourth-order valence-electron chi connectivity index (χ4n) is 6.50. The summed E-state index contributed by atoms with van der Waals surface area (Å²) in [5, 5.41) is 3.64. The zero-order valence-electron chi connectivity index (χ0n) is 24.7. The lowest BCUT2D eigenvalue weighted by Gasteiger charge is -2.43. The van der Waals surface area contributed by atoms with Crippen LogP contribution in [0.1, 0.15) is 38.3 Å². The average molecular weight is 561 g/mol. The Labute approximate surface area is 243 Å². The van der Waals surface area contributed by atoms with Crippen molar-refractivity contribution in [2.75, 3.05) is 82.6 Å². The number of methoxy groups -OCH3 is 1. The quantitative estimate of drug-likeness (QED) is 0.445. The van der Waals surface area contributed by atoms with Gasteiger partial charge in [-0.2, -0.15) is 0 Å².